The van der Waals surface area contributed by atoms with Crippen LogP contribution in [-0.2, 0) is 22.1 Å². The molecule has 0 aromatic heterocycles. The molecule has 7 heteroatoms. The molecular weight excluding hydrogens is 285 g/mol. The van der Waals surface area contributed by atoms with E-state index in [1.54, 1.807) is 0 Å². The summed E-state index contributed by atoms with van der Waals surface area (Å²) in [6.07, 6.45) is -3.10. The van der Waals surface area contributed by atoms with E-state index < -0.39 is 17.7 Å². The fourth-order valence-electron chi connectivity index (χ4n) is 1.53. The molecule has 0 atom stereocenters. The summed E-state index contributed by atoms with van der Waals surface area (Å²) in [6, 6.07) is 6.61. The first kappa shape index (κ1) is 16.6. The van der Waals surface area contributed by atoms with Crippen LogP contribution < -0.4 is 5.32 Å². The molecule has 0 amide bonds. The van der Waals surface area contributed by atoms with E-state index in [0.717, 1.165) is 12.1 Å². The number of rotatable bonds is 5. The van der Waals surface area contributed by atoms with Gasteiger partial charge in [0.05, 0.1) is 18.7 Å². The number of carbonyl (C=O) groups is 1. The predicted molar refractivity (Wildman–Crippen MR) is 68.9 cm³/mol. The predicted octanol–water partition coefficient (Wildman–Crippen LogP) is 2.42. The van der Waals surface area contributed by atoms with Gasteiger partial charge in [0.1, 0.15) is 6.54 Å². The summed E-state index contributed by atoms with van der Waals surface area (Å²) < 4.78 is 42.1. The molecule has 0 aliphatic rings. The van der Waals surface area contributed by atoms with Gasteiger partial charge < -0.3 is 10.1 Å². The summed E-state index contributed by atoms with van der Waals surface area (Å²) in [5, 5.41) is 11.5. The maximum Gasteiger partial charge on any atom is 0.416 e. The van der Waals surface area contributed by atoms with Crippen LogP contribution in [-0.4, -0.2) is 19.6 Å². The van der Waals surface area contributed by atoms with Gasteiger partial charge in [0.2, 0.25) is 0 Å². The average molecular weight is 298 g/mol. The molecule has 1 rings (SSSR count). The van der Waals surface area contributed by atoms with Crippen LogP contribution in [0.1, 0.15) is 11.1 Å². The number of carbonyl (C=O) groups excluding carboxylic acids is 1. The maximum absolute atomic E-state index is 12.6. The second-order valence-corrected chi connectivity index (χ2v) is 4.11. The highest BCUT2D eigenvalue weighted by Gasteiger charge is 2.30. The number of ether oxygens (including phenoxy) is 1. The van der Waals surface area contributed by atoms with Crippen molar-refractivity contribution in [3.8, 4) is 6.07 Å². The van der Waals surface area contributed by atoms with Gasteiger partial charge >= 0.3 is 12.1 Å². The summed E-state index contributed by atoms with van der Waals surface area (Å²) in [6.45, 7) is -0.121. The molecule has 0 radical (unpaired) electrons. The fourth-order valence-corrected chi connectivity index (χ4v) is 1.53. The smallest absolute Gasteiger partial charge is 0.416 e. The highest BCUT2D eigenvalue weighted by molar-refractivity contribution is 5.71. The third-order valence-electron chi connectivity index (χ3n) is 2.54. The number of hydrogen-bond donors (Lipinski definition) is 1. The normalized spacial score (nSPS) is 11.7. The average Bonchev–Trinajstić information content (AvgIpc) is 2.45. The topological polar surface area (TPSA) is 62.1 Å². The molecule has 0 spiro atoms. The monoisotopic (exact) mass is 298 g/mol. The molecule has 4 nitrogen and oxygen atoms in total. The number of nitriles is 1. The van der Waals surface area contributed by atoms with Gasteiger partial charge in [-0.2, -0.15) is 18.4 Å². The van der Waals surface area contributed by atoms with Gasteiger partial charge in [0, 0.05) is 18.2 Å². The number of alkyl halides is 3. The van der Waals surface area contributed by atoms with E-state index in [-0.39, 0.29) is 18.5 Å². The van der Waals surface area contributed by atoms with Crippen molar-refractivity contribution >= 4 is 5.97 Å². The van der Waals surface area contributed by atoms with Crippen LogP contribution in [0.15, 0.2) is 36.0 Å². The van der Waals surface area contributed by atoms with Crippen molar-refractivity contribution in [2.24, 2.45) is 0 Å². The van der Waals surface area contributed by atoms with Gasteiger partial charge in [-0.25, -0.2) is 0 Å². The summed E-state index contributed by atoms with van der Waals surface area (Å²) in [4.78, 5) is 10.9. The van der Waals surface area contributed by atoms with Crippen molar-refractivity contribution < 1.29 is 22.7 Å². The van der Waals surface area contributed by atoms with Crippen molar-refractivity contribution in [2.75, 3.05) is 13.7 Å². The van der Waals surface area contributed by atoms with E-state index in [0.29, 0.717) is 5.56 Å². The number of methoxy groups -OCH3 is 1. The molecule has 0 unspecified atom stereocenters. The number of allylic oxidation sites excluding steroid dienone is 1. The SMILES string of the molecule is COC(=O)CN/C=C(\C#N)Cc1cccc(C(F)(F)F)c1. The Labute approximate surface area is 119 Å². The second-order valence-electron chi connectivity index (χ2n) is 4.11. The first-order valence-corrected chi connectivity index (χ1v) is 5.92. The van der Waals surface area contributed by atoms with Gasteiger partial charge in [-0.3, -0.25) is 4.79 Å². The van der Waals surface area contributed by atoms with E-state index in [1.807, 2.05) is 6.07 Å². The Morgan fingerprint density at radius 1 is 1.48 bits per heavy atom. The van der Waals surface area contributed by atoms with E-state index in [2.05, 4.69) is 10.1 Å². The zero-order valence-corrected chi connectivity index (χ0v) is 11.2. The summed E-state index contributed by atoms with van der Waals surface area (Å²) in [5.74, 6) is -0.511. The molecule has 1 aromatic rings. The molecule has 1 N–H and O–H groups in total. The van der Waals surface area contributed by atoms with Gasteiger partial charge in [-0.05, 0) is 11.6 Å². The van der Waals surface area contributed by atoms with Crippen LogP contribution in [0.25, 0.3) is 0 Å². The highest BCUT2D eigenvalue weighted by atomic mass is 19.4. The number of hydrogen-bond acceptors (Lipinski definition) is 4. The molecule has 0 aliphatic heterocycles. The van der Waals surface area contributed by atoms with Crippen LogP contribution in [0.3, 0.4) is 0 Å². The zero-order valence-electron chi connectivity index (χ0n) is 11.2. The fraction of sp³-hybridized carbons (Fsp3) is 0.286. The Bertz CT molecular complexity index is 574. The highest BCUT2D eigenvalue weighted by Crippen LogP contribution is 2.29. The number of esters is 1. The number of halogens is 3. The van der Waals surface area contributed by atoms with Crippen molar-refractivity contribution in [3.63, 3.8) is 0 Å². The molecular formula is C14H13F3N2O2. The lowest BCUT2D eigenvalue weighted by molar-refractivity contribution is -0.139. The molecule has 0 saturated carbocycles. The standard InChI is InChI=1S/C14H13F3N2O2/c1-21-13(20)9-19-8-11(7-18)5-10-3-2-4-12(6-10)14(15,16)17/h2-4,6,8,19H,5,9H2,1H3/b11-8-. The van der Waals surface area contributed by atoms with E-state index in [1.165, 1.54) is 25.4 Å². The number of nitrogens with zero attached hydrogens (tertiary/aromatic N) is 1. The van der Waals surface area contributed by atoms with Gasteiger partial charge in [0.15, 0.2) is 0 Å². The Hall–Kier alpha value is -2.49. The zero-order chi connectivity index (χ0) is 15.9. The minimum Gasteiger partial charge on any atom is -0.468 e. The van der Waals surface area contributed by atoms with Crippen LogP contribution in [0.5, 0.6) is 0 Å². The van der Waals surface area contributed by atoms with Gasteiger partial charge in [-0.15, -0.1) is 0 Å². The molecule has 112 valence electrons. The van der Waals surface area contributed by atoms with E-state index >= 15 is 0 Å². The van der Waals surface area contributed by atoms with E-state index in [9.17, 15) is 18.0 Å². The second kappa shape index (κ2) is 7.33. The molecule has 0 bridgehead atoms. The molecule has 0 aliphatic carbocycles. The minimum absolute atomic E-state index is 0.0363. The third kappa shape index (κ3) is 5.57. The van der Waals surface area contributed by atoms with Crippen LogP contribution in [0, 0.1) is 11.3 Å². The molecule has 1 aromatic carbocycles. The third-order valence-corrected chi connectivity index (χ3v) is 2.54. The summed E-state index contributed by atoms with van der Waals surface area (Å²) in [5.41, 5.74) is -0.199. The van der Waals surface area contributed by atoms with Crippen molar-refractivity contribution in [3.05, 3.63) is 47.2 Å². The largest absolute Gasteiger partial charge is 0.468 e. The molecule has 21 heavy (non-hydrogen) atoms. The number of benzene rings is 1. The Kier molecular flexibility index (Phi) is 5.79. The van der Waals surface area contributed by atoms with Gasteiger partial charge in [-0.1, -0.05) is 18.2 Å². The lowest BCUT2D eigenvalue weighted by atomic mass is 10.0. The first-order valence-electron chi connectivity index (χ1n) is 5.92. The quantitative estimate of drug-likeness (QED) is 0.670. The Morgan fingerprint density at radius 3 is 2.76 bits per heavy atom. The number of nitrogens with one attached hydrogen (secondary N) is 1. The molecule has 0 heterocycles. The lowest BCUT2D eigenvalue weighted by Gasteiger charge is -2.08. The van der Waals surface area contributed by atoms with Gasteiger partial charge in [0.25, 0.3) is 0 Å². The lowest BCUT2D eigenvalue weighted by Crippen LogP contribution is -2.19. The van der Waals surface area contributed by atoms with Crippen molar-refractivity contribution in [1.29, 1.82) is 5.26 Å². The summed E-state index contributed by atoms with van der Waals surface area (Å²) in [7, 11) is 1.22. The molecule has 0 saturated heterocycles. The summed E-state index contributed by atoms with van der Waals surface area (Å²) >= 11 is 0. The Morgan fingerprint density at radius 2 is 2.19 bits per heavy atom. The minimum atomic E-state index is -4.42. The van der Waals surface area contributed by atoms with Crippen LogP contribution in [0.4, 0.5) is 13.2 Å². The van der Waals surface area contributed by atoms with Crippen LogP contribution >= 0.6 is 0 Å². The maximum atomic E-state index is 12.6. The first-order chi connectivity index (χ1) is 9.86. The molecule has 0 fully saturated rings. The Balaban J connectivity index is 2.76. The van der Waals surface area contributed by atoms with Crippen LogP contribution in [0.2, 0.25) is 0 Å². The van der Waals surface area contributed by atoms with E-state index in [4.69, 9.17) is 5.26 Å². The van der Waals surface area contributed by atoms with Crippen molar-refractivity contribution in [2.45, 2.75) is 12.6 Å². The van der Waals surface area contributed by atoms with Crippen molar-refractivity contribution in [1.82, 2.24) is 5.32 Å².